The normalized spacial score (nSPS) is 15.4. The maximum Gasteiger partial charge on any atom is 0.231 e. The van der Waals surface area contributed by atoms with Crippen molar-refractivity contribution in [3.05, 3.63) is 22.2 Å². The van der Waals surface area contributed by atoms with Crippen LogP contribution in [0.25, 0.3) is 0 Å². The minimum absolute atomic E-state index is 0.0442. The highest BCUT2D eigenvalue weighted by atomic mass is 79.9. The number of aliphatic hydroxyl groups is 1. The van der Waals surface area contributed by atoms with E-state index >= 15 is 0 Å². The van der Waals surface area contributed by atoms with Crippen molar-refractivity contribution in [2.24, 2.45) is 0 Å². The van der Waals surface area contributed by atoms with Crippen LogP contribution in [-0.2, 0) is 0 Å². The molecule has 0 saturated heterocycles. The zero-order chi connectivity index (χ0) is 10.8. The molecular weight excluding hydrogens is 262 g/mol. The van der Waals surface area contributed by atoms with E-state index in [0.29, 0.717) is 5.75 Å². The van der Waals surface area contributed by atoms with Gasteiger partial charge in [-0.1, -0.05) is 0 Å². The van der Waals surface area contributed by atoms with Gasteiger partial charge in [-0.3, -0.25) is 0 Å². The van der Waals surface area contributed by atoms with Crippen LogP contribution in [0.4, 0.5) is 0 Å². The highest BCUT2D eigenvalue weighted by molar-refractivity contribution is 9.10. The van der Waals surface area contributed by atoms with E-state index in [2.05, 4.69) is 21.2 Å². The molecule has 0 spiro atoms. The maximum absolute atomic E-state index is 9.17. The van der Waals surface area contributed by atoms with Crippen molar-refractivity contribution in [2.75, 3.05) is 20.4 Å². The lowest BCUT2D eigenvalue weighted by molar-refractivity contribution is 0.173. The summed E-state index contributed by atoms with van der Waals surface area (Å²) in [5.74, 6) is 1.44. The summed E-state index contributed by atoms with van der Waals surface area (Å²) in [7, 11) is 1.80. The maximum atomic E-state index is 9.17. The van der Waals surface area contributed by atoms with E-state index in [9.17, 15) is 0 Å². The second-order valence-corrected chi connectivity index (χ2v) is 4.11. The van der Waals surface area contributed by atoms with Gasteiger partial charge in [0, 0.05) is 0 Å². The zero-order valence-corrected chi connectivity index (χ0v) is 9.87. The molecule has 1 unspecified atom stereocenters. The van der Waals surface area contributed by atoms with Crippen molar-refractivity contribution in [3.8, 4) is 11.5 Å². The molecule has 5 heteroatoms. The number of ether oxygens (including phenoxy) is 2. The lowest BCUT2D eigenvalue weighted by atomic mass is 10.1. The average Bonchev–Trinajstić information content (AvgIpc) is 2.68. The Morgan fingerprint density at radius 2 is 2.33 bits per heavy atom. The summed E-state index contributed by atoms with van der Waals surface area (Å²) < 4.78 is 11.4. The Balaban J connectivity index is 2.38. The fourth-order valence-corrected chi connectivity index (χ4v) is 2.13. The second-order valence-electron chi connectivity index (χ2n) is 3.26. The predicted octanol–water partition coefficient (Wildman–Crippen LogP) is 1.43. The number of aliphatic hydroxyl groups excluding tert-OH is 1. The van der Waals surface area contributed by atoms with Crippen LogP contribution < -0.4 is 14.8 Å². The monoisotopic (exact) mass is 273 g/mol. The third-order valence-corrected chi connectivity index (χ3v) is 2.97. The highest BCUT2D eigenvalue weighted by Gasteiger charge is 2.20. The molecule has 1 aromatic rings. The minimum atomic E-state index is -0.0872. The molecule has 0 aliphatic carbocycles. The molecule has 0 radical (unpaired) electrons. The van der Waals surface area contributed by atoms with E-state index < -0.39 is 0 Å². The molecule has 0 bridgehead atoms. The molecule has 1 aliphatic rings. The van der Waals surface area contributed by atoms with Crippen LogP contribution in [0, 0.1) is 0 Å². The minimum Gasteiger partial charge on any atom is -0.454 e. The Morgan fingerprint density at radius 1 is 1.53 bits per heavy atom. The average molecular weight is 274 g/mol. The van der Waals surface area contributed by atoms with Gasteiger partial charge in [0.2, 0.25) is 6.79 Å². The molecule has 82 valence electrons. The smallest absolute Gasteiger partial charge is 0.231 e. The first-order valence-corrected chi connectivity index (χ1v) is 5.42. The van der Waals surface area contributed by atoms with Crippen LogP contribution >= 0.6 is 15.9 Å². The lowest BCUT2D eigenvalue weighted by Crippen LogP contribution is -2.19. The number of benzene rings is 1. The van der Waals surface area contributed by atoms with Crippen LogP contribution in [0.3, 0.4) is 0 Å². The van der Waals surface area contributed by atoms with Gasteiger partial charge in [-0.2, -0.15) is 0 Å². The summed E-state index contributed by atoms with van der Waals surface area (Å²) in [5.41, 5.74) is 0.969. The summed E-state index contributed by atoms with van der Waals surface area (Å²) in [5, 5.41) is 12.2. The molecule has 0 saturated carbocycles. The van der Waals surface area contributed by atoms with E-state index in [4.69, 9.17) is 14.6 Å². The summed E-state index contributed by atoms with van der Waals surface area (Å²) in [6.45, 7) is 0.295. The standard InChI is InChI=1S/C10H12BrNO3/c1-12-8(4-13)6-2-7(11)10-9(3-6)14-5-15-10/h2-3,8,12-13H,4-5H2,1H3. The Morgan fingerprint density at radius 3 is 3.00 bits per heavy atom. The highest BCUT2D eigenvalue weighted by Crippen LogP contribution is 2.41. The van der Waals surface area contributed by atoms with Gasteiger partial charge in [0.25, 0.3) is 0 Å². The summed E-state index contributed by atoms with van der Waals surface area (Å²) in [6, 6.07) is 3.71. The zero-order valence-electron chi connectivity index (χ0n) is 8.29. The molecule has 0 aromatic heterocycles. The van der Waals surface area contributed by atoms with Gasteiger partial charge in [0.05, 0.1) is 17.1 Å². The van der Waals surface area contributed by atoms with Crippen LogP contribution in [-0.4, -0.2) is 25.6 Å². The fraction of sp³-hybridized carbons (Fsp3) is 0.400. The topological polar surface area (TPSA) is 50.7 Å². The van der Waals surface area contributed by atoms with Crippen molar-refractivity contribution in [3.63, 3.8) is 0 Å². The van der Waals surface area contributed by atoms with Crippen LogP contribution in [0.5, 0.6) is 11.5 Å². The van der Waals surface area contributed by atoms with E-state index in [1.54, 1.807) is 7.05 Å². The van der Waals surface area contributed by atoms with E-state index in [-0.39, 0.29) is 19.4 Å². The molecule has 2 rings (SSSR count). The largest absolute Gasteiger partial charge is 0.454 e. The first-order valence-electron chi connectivity index (χ1n) is 4.63. The Kier molecular flexibility index (Phi) is 3.14. The Hall–Kier alpha value is -0.780. The van der Waals surface area contributed by atoms with Crippen molar-refractivity contribution >= 4 is 15.9 Å². The van der Waals surface area contributed by atoms with E-state index in [1.807, 2.05) is 12.1 Å². The number of fused-ring (bicyclic) bond motifs is 1. The number of rotatable bonds is 3. The third-order valence-electron chi connectivity index (χ3n) is 2.38. The molecule has 4 nitrogen and oxygen atoms in total. The fourth-order valence-electron chi connectivity index (χ4n) is 1.55. The summed E-state index contributed by atoms with van der Waals surface area (Å²) >= 11 is 3.41. The Bertz CT molecular complexity index is 366. The molecule has 1 aliphatic heterocycles. The van der Waals surface area contributed by atoms with Gasteiger partial charge in [0.15, 0.2) is 11.5 Å². The summed E-state index contributed by atoms with van der Waals surface area (Å²) in [4.78, 5) is 0. The van der Waals surface area contributed by atoms with Gasteiger partial charge in [0.1, 0.15) is 0 Å². The number of hydrogen-bond donors (Lipinski definition) is 2. The van der Waals surface area contributed by atoms with Crippen LogP contribution in [0.2, 0.25) is 0 Å². The number of hydrogen-bond acceptors (Lipinski definition) is 4. The van der Waals surface area contributed by atoms with Gasteiger partial charge in [-0.05, 0) is 40.7 Å². The van der Waals surface area contributed by atoms with Crippen molar-refractivity contribution in [2.45, 2.75) is 6.04 Å². The van der Waals surface area contributed by atoms with Crippen LogP contribution in [0.15, 0.2) is 16.6 Å². The van der Waals surface area contributed by atoms with E-state index in [1.165, 1.54) is 0 Å². The molecule has 2 N–H and O–H groups in total. The van der Waals surface area contributed by atoms with Crippen molar-refractivity contribution in [1.29, 1.82) is 0 Å². The molecule has 1 heterocycles. The van der Waals surface area contributed by atoms with Gasteiger partial charge in [-0.15, -0.1) is 0 Å². The summed E-state index contributed by atoms with van der Waals surface area (Å²) in [6.07, 6.45) is 0. The number of nitrogens with one attached hydrogen (secondary N) is 1. The lowest BCUT2D eigenvalue weighted by Gasteiger charge is -2.14. The van der Waals surface area contributed by atoms with Gasteiger partial charge in [-0.25, -0.2) is 0 Å². The first kappa shape index (κ1) is 10.7. The Labute approximate surface area is 96.3 Å². The molecule has 0 amide bonds. The van der Waals surface area contributed by atoms with Gasteiger partial charge >= 0.3 is 0 Å². The molecule has 1 aromatic carbocycles. The second kappa shape index (κ2) is 4.38. The van der Waals surface area contributed by atoms with E-state index in [0.717, 1.165) is 15.8 Å². The quantitative estimate of drug-likeness (QED) is 0.875. The van der Waals surface area contributed by atoms with Crippen molar-refractivity contribution in [1.82, 2.24) is 5.32 Å². The third kappa shape index (κ3) is 1.95. The molecule has 0 fully saturated rings. The first-order chi connectivity index (χ1) is 7.26. The number of halogens is 1. The molecule has 15 heavy (non-hydrogen) atoms. The predicted molar refractivity (Wildman–Crippen MR) is 59.2 cm³/mol. The van der Waals surface area contributed by atoms with Gasteiger partial charge < -0.3 is 19.9 Å². The number of likely N-dealkylation sites (N-methyl/N-ethyl adjacent to an activating group) is 1. The van der Waals surface area contributed by atoms with Crippen molar-refractivity contribution < 1.29 is 14.6 Å². The molecular formula is C10H12BrNO3. The SMILES string of the molecule is CNC(CO)c1cc(Br)c2c(c1)OCO2. The molecule has 1 atom stereocenters. The van der Waals surface area contributed by atoms with Crippen LogP contribution in [0.1, 0.15) is 11.6 Å².